The van der Waals surface area contributed by atoms with Gasteiger partial charge in [-0.05, 0) is 34.4 Å². The molecule has 0 radical (unpaired) electrons. The molecule has 3 aliphatic carbocycles. The predicted molar refractivity (Wildman–Crippen MR) is 107 cm³/mol. The monoisotopic (exact) mass is 397 g/mol. The maximum absolute atomic E-state index is 14.6. The first-order valence-corrected chi connectivity index (χ1v) is 9.88. The van der Waals surface area contributed by atoms with Gasteiger partial charge in [0.2, 0.25) is 11.8 Å². The Kier molecular flexibility index (Phi) is 3.30. The number of para-hydroxylation sites is 1. The van der Waals surface area contributed by atoms with Crippen molar-refractivity contribution in [2.24, 2.45) is 11.8 Å². The van der Waals surface area contributed by atoms with E-state index in [-0.39, 0.29) is 11.6 Å². The third kappa shape index (κ3) is 1.79. The third-order valence-corrected chi connectivity index (χ3v) is 6.96. The van der Waals surface area contributed by atoms with E-state index < -0.39 is 34.9 Å². The second-order valence-electron chi connectivity index (χ2n) is 8.11. The van der Waals surface area contributed by atoms with Crippen LogP contribution in [0.15, 0.2) is 72.8 Å². The summed E-state index contributed by atoms with van der Waals surface area (Å²) >= 11 is 0. The molecule has 1 aliphatic heterocycles. The quantitative estimate of drug-likeness (QED) is 0.491. The largest absolute Gasteiger partial charge is 0.302 e. The van der Waals surface area contributed by atoms with Gasteiger partial charge in [0, 0.05) is 5.92 Å². The molecule has 1 saturated heterocycles. The van der Waals surface area contributed by atoms with Crippen molar-refractivity contribution in [2.45, 2.75) is 11.3 Å². The van der Waals surface area contributed by atoms with Gasteiger partial charge >= 0.3 is 0 Å². The molecule has 2 amide bonds. The minimum atomic E-state index is -1.26. The van der Waals surface area contributed by atoms with E-state index in [1.807, 2.05) is 48.5 Å². The van der Waals surface area contributed by atoms with Crippen LogP contribution in [0.5, 0.6) is 0 Å². The Morgan fingerprint density at radius 1 is 0.800 bits per heavy atom. The number of amides is 2. The van der Waals surface area contributed by atoms with Crippen LogP contribution < -0.4 is 4.90 Å². The van der Waals surface area contributed by atoms with Crippen LogP contribution in [0.2, 0.25) is 0 Å². The number of carbonyl (C=O) groups is 3. The van der Waals surface area contributed by atoms with Crippen molar-refractivity contribution in [3.63, 3.8) is 0 Å². The van der Waals surface area contributed by atoms with Gasteiger partial charge in [-0.25, -0.2) is 9.29 Å². The second kappa shape index (κ2) is 5.72. The molecule has 7 rings (SSSR count). The van der Waals surface area contributed by atoms with Crippen LogP contribution in [0.25, 0.3) is 0 Å². The predicted octanol–water partition coefficient (Wildman–Crippen LogP) is 3.58. The number of nitrogens with zero attached hydrogens (tertiary/aromatic N) is 1. The molecule has 3 aromatic carbocycles. The number of anilines is 1. The highest BCUT2D eigenvalue weighted by Crippen LogP contribution is 2.63. The van der Waals surface area contributed by atoms with Gasteiger partial charge in [-0.1, -0.05) is 60.7 Å². The van der Waals surface area contributed by atoms with Crippen molar-refractivity contribution < 1.29 is 18.8 Å². The standard InChI is InChI=1S/C25H16FNO3/c26-18-11-5-6-12-19(18)27-23(29)21-20-14-7-1-3-9-16(14)25(13-28,22(21)24(27)30)17-10-4-2-8-15(17)20/h1-13,20-22H/t20?,21-,22+,25?/m1/s1. The summed E-state index contributed by atoms with van der Waals surface area (Å²) in [5, 5.41) is 0. The van der Waals surface area contributed by atoms with Gasteiger partial charge in [-0.15, -0.1) is 0 Å². The number of benzene rings is 3. The van der Waals surface area contributed by atoms with Gasteiger partial charge in [0.1, 0.15) is 12.1 Å². The molecule has 0 N–H and O–H groups in total. The van der Waals surface area contributed by atoms with Crippen molar-refractivity contribution in [3.8, 4) is 0 Å². The summed E-state index contributed by atoms with van der Waals surface area (Å²) in [5.41, 5.74) is 1.99. The molecule has 1 heterocycles. The van der Waals surface area contributed by atoms with Crippen molar-refractivity contribution in [3.05, 3.63) is 101 Å². The highest BCUT2D eigenvalue weighted by molar-refractivity contribution is 6.24. The SMILES string of the molecule is O=CC12c3ccccc3C(c3ccccc31)[C@H]1C(=O)N(c3ccccc3F)C(=O)[C@H]12. The number of hydrogen-bond acceptors (Lipinski definition) is 3. The van der Waals surface area contributed by atoms with Crippen LogP contribution in [-0.4, -0.2) is 18.1 Å². The number of imide groups is 1. The lowest BCUT2D eigenvalue weighted by atomic mass is 9.48. The first-order chi connectivity index (χ1) is 14.6. The van der Waals surface area contributed by atoms with Crippen molar-refractivity contribution in [1.82, 2.24) is 0 Å². The Morgan fingerprint density at radius 2 is 1.37 bits per heavy atom. The molecular formula is C25H16FNO3. The average molecular weight is 397 g/mol. The summed E-state index contributed by atoms with van der Waals surface area (Å²) < 4.78 is 14.6. The zero-order chi connectivity index (χ0) is 20.6. The minimum absolute atomic E-state index is 0.0598. The molecule has 0 aromatic heterocycles. The Hall–Kier alpha value is -3.60. The number of halogens is 1. The Morgan fingerprint density at radius 3 is 1.97 bits per heavy atom. The molecule has 0 saturated carbocycles. The molecule has 0 unspecified atom stereocenters. The summed E-state index contributed by atoms with van der Waals surface area (Å²) in [4.78, 5) is 41.0. The summed E-state index contributed by atoms with van der Waals surface area (Å²) in [5.74, 6) is -3.59. The molecule has 0 spiro atoms. The number of rotatable bonds is 2. The van der Waals surface area contributed by atoms with Gasteiger partial charge in [0.25, 0.3) is 0 Å². The summed E-state index contributed by atoms with van der Waals surface area (Å²) in [7, 11) is 0. The Balaban J connectivity index is 1.67. The maximum Gasteiger partial charge on any atom is 0.239 e. The first kappa shape index (κ1) is 17.3. The molecule has 4 aliphatic rings. The third-order valence-electron chi connectivity index (χ3n) is 6.96. The van der Waals surface area contributed by atoms with Crippen LogP contribution >= 0.6 is 0 Å². The molecule has 1 fully saturated rings. The minimum Gasteiger partial charge on any atom is -0.302 e. The molecule has 146 valence electrons. The zero-order valence-corrected chi connectivity index (χ0v) is 15.8. The van der Waals surface area contributed by atoms with E-state index in [1.165, 1.54) is 18.2 Å². The molecular weight excluding hydrogens is 381 g/mol. The van der Waals surface area contributed by atoms with E-state index in [2.05, 4.69) is 0 Å². The highest BCUT2D eigenvalue weighted by atomic mass is 19.1. The topological polar surface area (TPSA) is 54.5 Å². The number of carbonyl (C=O) groups excluding carboxylic acids is 3. The summed E-state index contributed by atoms with van der Waals surface area (Å²) in [6.45, 7) is 0. The van der Waals surface area contributed by atoms with E-state index >= 15 is 0 Å². The Bertz CT molecular complexity index is 1220. The van der Waals surface area contributed by atoms with Gasteiger partial charge in [-0.2, -0.15) is 0 Å². The highest BCUT2D eigenvalue weighted by Gasteiger charge is 2.68. The second-order valence-corrected chi connectivity index (χ2v) is 8.11. The van der Waals surface area contributed by atoms with E-state index in [0.29, 0.717) is 0 Å². The lowest BCUT2D eigenvalue weighted by Crippen LogP contribution is -2.54. The maximum atomic E-state index is 14.6. The molecule has 3 aromatic rings. The van der Waals surface area contributed by atoms with E-state index in [4.69, 9.17) is 0 Å². The lowest BCUT2D eigenvalue weighted by molar-refractivity contribution is -0.128. The fourth-order valence-corrected chi connectivity index (χ4v) is 5.90. The van der Waals surface area contributed by atoms with Gasteiger partial charge in [0.05, 0.1) is 22.9 Å². The lowest BCUT2D eigenvalue weighted by Gasteiger charge is -2.51. The normalized spacial score (nSPS) is 28.2. The molecule has 2 bridgehead atoms. The van der Waals surface area contributed by atoms with E-state index in [0.717, 1.165) is 33.4 Å². The van der Waals surface area contributed by atoms with Crippen LogP contribution in [-0.2, 0) is 19.8 Å². The van der Waals surface area contributed by atoms with Gasteiger partial charge in [0.15, 0.2) is 0 Å². The Labute approximate surface area is 171 Å². The van der Waals surface area contributed by atoms with E-state index in [1.54, 1.807) is 6.07 Å². The molecule has 30 heavy (non-hydrogen) atoms. The van der Waals surface area contributed by atoms with Crippen molar-refractivity contribution in [2.75, 3.05) is 4.90 Å². The summed E-state index contributed by atoms with van der Waals surface area (Å²) in [6.07, 6.45) is 0.813. The van der Waals surface area contributed by atoms with Crippen LogP contribution in [0.1, 0.15) is 28.2 Å². The van der Waals surface area contributed by atoms with Crippen LogP contribution in [0, 0.1) is 17.7 Å². The smallest absolute Gasteiger partial charge is 0.239 e. The average Bonchev–Trinajstić information content (AvgIpc) is 3.05. The van der Waals surface area contributed by atoms with Gasteiger partial charge in [-0.3, -0.25) is 9.59 Å². The van der Waals surface area contributed by atoms with Crippen LogP contribution in [0.3, 0.4) is 0 Å². The van der Waals surface area contributed by atoms with Crippen LogP contribution in [0.4, 0.5) is 10.1 Å². The molecule has 4 nitrogen and oxygen atoms in total. The fourth-order valence-electron chi connectivity index (χ4n) is 5.90. The van der Waals surface area contributed by atoms with E-state index in [9.17, 15) is 18.8 Å². The molecule has 2 atom stereocenters. The van der Waals surface area contributed by atoms with Gasteiger partial charge < -0.3 is 4.79 Å². The fraction of sp³-hybridized carbons (Fsp3) is 0.160. The zero-order valence-electron chi connectivity index (χ0n) is 15.8. The molecule has 5 heteroatoms. The van der Waals surface area contributed by atoms with Crippen molar-refractivity contribution in [1.29, 1.82) is 0 Å². The summed E-state index contributed by atoms with van der Waals surface area (Å²) in [6, 6.07) is 20.8. The number of hydrogen-bond donors (Lipinski definition) is 0. The first-order valence-electron chi connectivity index (χ1n) is 9.88. The number of aldehydes is 1. The van der Waals surface area contributed by atoms with Crippen molar-refractivity contribution >= 4 is 23.8 Å².